The minimum atomic E-state index is 0.175. The molecule has 0 saturated heterocycles. The summed E-state index contributed by atoms with van der Waals surface area (Å²) in [7, 11) is 3.40. The zero-order valence-electron chi connectivity index (χ0n) is 12.5. The first-order chi connectivity index (χ1) is 10.3. The molecule has 0 amide bonds. The van der Waals surface area contributed by atoms with Gasteiger partial charge in [-0.1, -0.05) is 11.8 Å². The molecule has 1 aromatic carbocycles. The van der Waals surface area contributed by atoms with Gasteiger partial charge in [-0.2, -0.15) is 0 Å². The molecule has 1 saturated carbocycles. The molecule has 1 aromatic rings. The molecule has 0 bridgehead atoms. The molecule has 21 heavy (non-hydrogen) atoms. The van der Waals surface area contributed by atoms with Crippen LogP contribution < -0.4 is 9.47 Å². The molecule has 114 valence electrons. The van der Waals surface area contributed by atoms with Crippen molar-refractivity contribution in [2.75, 3.05) is 20.1 Å². The van der Waals surface area contributed by atoms with Crippen molar-refractivity contribution in [2.45, 2.75) is 37.9 Å². The monoisotopic (exact) mass is 308 g/mol. The van der Waals surface area contributed by atoms with Crippen LogP contribution in [-0.2, 0) is 4.74 Å². The van der Waals surface area contributed by atoms with E-state index in [1.165, 1.54) is 0 Å². The van der Waals surface area contributed by atoms with Crippen LogP contribution in [0.25, 0.3) is 0 Å². The van der Waals surface area contributed by atoms with E-state index in [1.807, 2.05) is 18.2 Å². The molecule has 1 fully saturated rings. The Morgan fingerprint density at radius 3 is 2.76 bits per heavy atom. The van der Waals surface area contributed by atoms with Gasteiger partial charge < -0.3 is 14.2 Å². The topological polar surface area (TPSA) is 27.7 Å². The van der Waals surface area contributed by atoms with Crippen LogP contribution in [0.4, 0.5) is 0 Å². The summed E-state index contributed by atoms with van der Waals surface area (Å²) in [6, 6.07) is 5.68. The van der Waals surface area contributed by atoms with E-state index in [0.29, 0.717) is 12.0 Å². The first-order valence-electron chi connectivity index (χ1n) is 7.19. The third-order valence-corrected chi connectivity index (χ3v) is 3.82. The van der Waals surface area contributed by atoms with Gasteiger partial charge in [-0.25, -0.2) is 0 Å². The summed E-state index contributed by atoms with van der Waals surface area (Å²) >= 11 is 5.65. The second-order valence-corrected chi connectivity index (χ2v) is 5.33. The molecule has 1 aliphatic rings. The maximum Gasteiger partial charge on any atom is 0.135 e. The predicted octanol–water partition coefficient (Wildman–Crippen LogP) is 3.62. The molecule has 0 heterocycles. The summed E-state index contributed by atoms with van der Waals surface area (Å²) in [5.41, 5.74) is 0.814. The van der Waals surface area contributed by atoms with E-state index < -0.39 is 0 Å². The molecule has 2 atom stereocenters. The molecular weight excluding hydrogens is 288 g/mol. The fraction of sp³-hybridized carbons (Fsp3) is 0.529. The summed E-state index contributed by atoms with van der Waals surface area (Å²) in [5.74, 6) is 7.75. The second-order valence-electron chi connectivity index (χ2n) is 5.06. The van der Waals surface area contributed by atoms with Gasteiger partial charge in [0.15, 0.2) is 0 Å². The third kappa shape index (κ3) is 4.56. The Morgan fingerprint density at radius 2 is 2.05 bits per heavy atom. The second kappa shape index (κ2) is 8.17. The van der Waals surface area contributed by atoms with E-state index in [1.54, 1.807) is 14.2 Å². The predicted molar refractivity (Wildman–Crippen MR) is 84.3 cm³/mol. The highest BCUT2D eigenvalue weighted by molar-refractivity contribution is 6.19. The van der Waals surface area contributed by atoms with Crippen molar-refractivity contribution in [2.24, 2.45) is 0 Å². The van der Waals surface area contributed by atoms with Gasteiger partial charge in [0.1, 0.15) is 17.6 Å². The lowest BCUT2D eigenvalue weighted by Crippen LogP contribution is -2.29. The summed E-state index contributed by atoms with van der Waals surface area (Å²) in [5, 5.41) is 0. The van der Waals surface area contributed by atoms with Gasteiger partial charge in [0, 0.05) is 13.5 Å². The van der Waals surface area contributed by atoms with Gasteiger partial charge in [0.25, 0.3) is 0 Å². The van der Waals surface area contributed by atoms with Crippen LogP contribution in [0, 0.1) is 11.8 Å². The quantitative estimate of drug-likeness (QED) is 0.628. The minimum absolute atomic E-state index is 0.175. The largest absolute Gasteiger partial charge is 0.497 e. The van der Waals surface area contributed by atoms with Crippen molar-refractivity contribution < 1.29 is 14.2 Å². The van der Waals surface area contributed by atoms with E-state index >= 15 is 0 Å². The van der Waals surface area contributed by atoms with E-state index in [4.69, 9.17) is 25.8 Å². The van der Waals surface area contributed by atoms with E-state index in [2.05, 4.69) is 11.8 Å². The van der Waals surface area contributed by atoms with Gasteiger partial charge in [-0.05, 0) is 37.5 Å². The van der Waals surface area contributed by atoms with E-state index in [-0.39, 0.29) is 6.10 Å². The van der Waals surface area contributed by atoms with Crippen LogP contribution in [0.3, 0.4) is 0 Å². The summed E-state index contributed by atoms with van der Waals surface area (Å²) in [4.78, 5) is 0. The van der Waals surface area contributed by atoms with Gasteiger partial charge >= 0.3 is 0 Å². The Morgan fingerprint density at radius 1 is 1.24 bits per heavy atom. The van der Waals surface area contributed by atoms with Crippen LogP contribution in [-0.4, -0.2) is 32.3 Å². The van der Waals surface area contributed by atoms with Gasteiger partial charge in [-0.15, -0.1) is 11.6 Å². The van der Waals surface area contributed by atoms with Crippen molar-refractivity contribution >= 4 is 11.6 Å². The molecular formula is C17H21ClO3. The van der Waals surface area contributed by atoms with Crippen LogP contribution in [0.5, 0.6) is 11.5 Å². The van der Waals surface area contributed by atoms with E-state index in [0.717, 1.165) is 42.7 Å². The third-order valence-electron chi connectivity index (χ3n) is 3.68. The van der Waals surface area contributed by atoms with E-state index in [9.17, 15) is 0 Å². The maximum atomic E-state index is 6.13. The average molecular weight is 309 g/mol. The van der Waals surface area contributed by atoms with Gasteiger partial charge in [0.05, 0.1) is 24.7 Å². The number of benzene rings is 1. The molecule has 2 unspecified atom stereocenters. The van der Waals surface area contributed by atoms with Crippen LogP contribution in [0.2, 0.25) is 0 Å². The standard InChI is InChI=1S/C17H21ClO3/c1-19-14-6-3-7-16(12-14)21-17-9-8-15(20-2)11-13(17)5-4-10-18/h8-9,11,14,16H,3,6-7,10,12H2,1-2H3. The molecule has 0 aromatic heterocycles. The van der Waals surface area contributed by atoms with Crippen molar-refractivity contribution in [1.82, 2.24) is 0 Å². The first-order valence-corrected chi connectivity index (χ1v) is 7.72. The Labute approximate surface area is 131 Å². The van der Waals surface area contributed by atoms with Crippen molar-refractivity contribution in [1.29, 1.82) is 0 Å². The van der Waals surface area contributed by atoms with Gasteiger partial charge in [0.2, 0.25) is 0 Å². The Kier molecular flexibility index (Phi) is 6.22. The highest BCUT2D eigenvalue weighted by Gasteiger charge is 2.23. The Bertz CT molecular complexity index is 519. The SMILES string of the molecule is COc1ccc(OC2CCCC(OC)C2)c(C#CCCl)c1. The molecule has 3 nitrogen and oxygen atoms in total. The van der Waals surface area contributed by atoms with Crippen LogP contribution >= 0.6 is 11.6 Å². The number of methoxy groups -OCH3 is 2. The summed E-state index contributed by atoms with van der Waals surface area (Å²) in [6.45, 7) is 0. The average Bonchev–Trinajstić information content (AvgIpc) is 2.54. The minimum Gasteiger partial charge on any atom is -0.497 e. The normalized spacial score (nSPS) is 21.3. The zero-order valence-corrected chi connectivity index (χ0v) is 13.3. The fourth-order valence-electron chi connectivity index (χ4n) is 2.57. The molecule has 0 N–H and O–H groups in total. The lowest BCUT2D eigenvalue weighted by Gasteiger charge is -2.29. The highest BCUT2D eigenvalue weighted by atomic mass is 35.5. The number of rotatable bonds is 4. The van der Waals surface area contributed by atoms with Crippen molar-refractivity contribution in [3.8, 4) is 23.3 Å². The highest BCUT2D eigenvalue weighted by Crippen LogP contribution is 2.29. The number of halogens is 1. The maximum absolute atomic E-state index is 6.13. The van der Waals surface area contributed by atoms with Gasteiger partial charge in [-0.3, -0.25) is 0 Å². The number of hydrogen-bond donors (Lipinski definition) is 0. The number of hydrogen-bond acceptors (Lipinski definition) is 3. The smallest absolute Gasteiger partial charge is 0.135 e. The Hall–Kier alpha value is -1.37. The fourth-order valence-corrected chi connectivity index (χ4v) is 2.63. The molecule has 0 aliphatic heterocycles. The molecule has 0 radical (unpaired) electrons. The molecule has 2 rings (SSSR count). The molecule has 1 aliphatic carbocycles. The van der Waals surface area contributed by atoms with Crippen LogP contribution in [0.15, 0.2) is 18.2 Å². The van der Waals surface area contributed by atoms with Crippen molar-refractivity contribution in [3.63, 3.8) is 0 Å². The summed E-state index contributed by atoms with van der Waals surface area (Å²) in [6.07, 6.45) is 4.67. The first kappa shape index (κ1) is 16.0. The van der Waals surface area contributed by atoms with Crippen molar-refractivity contribution in [3.05, 3.63) is 23.8 Å². The Balaban J connectivity index is 2.14. The molecule has 0 spiro atoms. The summed E-state index contributed by atoms with van der Waals surface area (Å²) < 4.78 is 16.8. The zero-order chi connectivity index (χ0) is 15.1. The lowest BCUT2D eigenvalue weighted by molar-refractivity contribution is 0.0208. The van der Waals surface area contributed by atoms with Crippen LogP contribution in [0.1, 0.15) is 31.2 Å². The number of ether oxygens (including phenoxy) is 3. The lowest BCUT2D eigenvalue weighted by atomic mass is 9.95. The number of alkyl halides is 1. The molecule has 4 heteroatoms.